The zero-order chi connectivity index (χ0) is 23.0. The van der Waals surface area contributed by atoms with E-state index >= 15 is 0 Å². The molecular weight excluding hydrogens is 435 g/mol. The minimum atomic E-state index is -3.65. The molecule has 2 aromatic carbocycles. The van der Waals surface area contributed by atoms with Gasteiger partial charge in [0.1, 0.15) is 5.82 Å². The molecule has 10 heteroatoms. The molecule has 1 aliphatic rings. The average Bonchev–Trinajstić information content (AvgIpc) is 2.74. The lowest BCUT2D eigenvalue weighted by atomic mass is 10.0. The van der Waals surface area contributed by atoms with Crippen LogP contribution in [0.5, 0.6) is 0 Å². The number of halogens is 1. The molecule has 170 valence electrons. The van der Waals surface area contributed by atoms with Gasteiger partial charge in [-0.3, -0.25) is 9.78 Å². The van der Waals surface area contributed by atoms with Crippen LogP contribution >= 0.6 is 0 Å². The predicted molar refractivity (Wildman–Crippen MR) is 122 cm³/mol. The van der Waals surface area contributed by atoms with E-state index in [1.54, 1.807) is 6.07 Å². The van der Waals surface area contributed by atoms with Gasteiger partial charge in [0.25, 0.3) is 5.56 Å². The molecule has 4 rings (SSSR count). The maximum absolute atomic E-state index is 13.7. The van der Waals surface area contributed by atoms with Crippen molar-refractivity contribution in [2.75, 3.05) is 42.8 Å². The number of aromatic nitrogens is 2. The number of morpholine rings is 1. The fraction of sp³-hybridized carbons (Fsp3) is 0.364. The van der Waals surface area contributed by atoms with Crippen molar-refractivity contribution in [2.24, 2.45) is 0 Å². The summed E-state index contributed by atoms with van der Waals surface area (Å²) in [7, 11) is -3.65. The van der Waals surface area contributed by atoms with E-state index in [4.69, 9.17) is 9.72 Å². The van der Waals surface area contributed by atoms with E-state index in [1.807, 2.05) is 24.8 Å². The van der Waals surface area contributed by atoms with E-state index in [2.05, 4.69) is 10.3 Å². The van der Waals surface area contributed by atoms with Gasteiger partial charge < -0.3 is 15.0 Å². The lowest BCUT2D eigenvalue weighted by Gasteiger charge is -2.27. The smallest absolute Gasteiger partial charge is 0.260 e. The van der Waals surface area contributed by atoms with Crippen molar-refractivity contribution in [3.8, 4) is 0 Å². The molecule has 1 saturated heterocycles. The minimum Gasteiger partial charge on any atom is -0.378 e. The zero-order valence-corrected chi connectivity index (χ0v) is 18.9. The maximum Gasteiger partial charge on any atom is 0.260 e. The van der Waals surface area contributed by atoms with Gasteiger partial charge in [0.05, 0.1) is 40.7 Å². The Kier molecular flexibility index (Phi) is 5.91. The number of rotatable bonds is 5. The SMILES string of the molecule is Cc1cc([C@@H](C)Nc2ccc(F)cc2S(C)(=O)=O)c2nc(N3CCOCC3)[nH]c(=O)c2c1. The van der Waals surface area contributed by atoms with Crippen LogP contribution in [0.3, 0.4) is 0 Å². The molecule has 8 nitrogen and oxygen atoms in total. The summed E-state index contributed by atoms with van der Waals surface area (Å²) in [4.78, 5) is 22.3. The Hall–Kier alpha value is -2.98. The molecule has 1 aliphatic heterocycles. The quantitative estimate of drug-likeness (QED) is 0.603. The topological polar surface area (TPSA) is 104 Å². The van der Waals surface area contributed by atoms with E-state index in [1.165, 1.54) is 12.1 Å². The Bertz CT molecular complexity index is 1330. The molecular formula is C22H25FN4O4S. The Morgan fingerprint density at radius 1 is 1.22 bits per heavy atom. The number of H-pyrrole nitrogens is 1. The second kappa shape index (κ2) is 8.51. The highest BCUT2D eigenvalue weighted by Gasteiger charge is 2.21. The van der Waals surface area contributed by atoms with Crippen LogP contribution in [-0.2, 0) is 14.6 Å². The van der Waals surface area contributed by atoms with Crippen LogP contribution in [0.2, 0.25) is 0 Å². The Morgan fingerprint density at radius 3 is 2.62 bits per heavy atom. The molecule has 0 radical (unpaired) electrons. The van der Waals surface area contributed by atoms with Gasteiger partial charge in [-0.05, 0) is 43.7 Å². The molecule has 0 unspecified atom stereocenters. The van der Waals surface area contributed by atoms with Crippen molar-refractivity contribution in [3.63, 3.8) is 0 Å². The number of aryl methyl sites for hydroxylation is 1. The van der Waals surface area contributed by atoms with Gasteiger partial charge >= 0.3 is 0 Å². The highest BCUT2D eigenvalue weighted by Crippen LogP contribution is 2.30. The van der Waals surface area contributed by atoms with Gasteiger partial charge in [0.2, 0.25) is 5.95 Å². The summed E-state index contributed by atoms with van der Waals surface area (Å²) in [5, 5.41) is 3.62. The summed E-state index contributed by atoms with van der Waals surface area (Å²) < 4.78 is 43.4. The molecule has 2 heterocycles. The first-order valence-electron chi connectivity index (χ1n) is 10.3. The lowest BCUT2D eigenvalue weighted by Crippen LogP contribution is -2.38. The number of aromatic amines is 1. The summed E-state index contributed by atoms with van der Waals surface area (Å²) in [5.41, 5.74) is 2.19. The minimum absolute atomic E-state index is 0.124. The van der Waals surface area contributed by atoms with Crippen molar-refractivity contribution in [1.82, 2.24) is 9.97 Å². The molecule has 0 amide bonds. The first kappa shape index (κ1) is 22.2. The Labute approximate surface area is 185 Å². The van der Waals surface area contributed by atoms with Gasteiger partial charge in [-0.1, -0.05) is 6.07 Å². The number of ether oxygens (including phenoxy) is 1. The van der Waals surface area contributed by atoms with Crippen LogP contribution < -0.4 is 15.8 Å². The van der Waals surface area contributed by atoms with Crippen LogP contribution in [-0.4, -0.2) is 50.9 Å². The number of fused-ring (bicyclic) bond motifs is 1. The van der Waals surface area contributed by atoms with Crippen LogP contribution in [0.1, 0.15) is 24.1 Å². The number of nitrogens with one attached hydrogen (secondary N) is 2. The number of sulfone groups is 1. The third-order valence-corrected chi connectivity index (χ3v) is 6.60. The molecule has 1 aromatic heterocycles. The van der Waals surface area contributed by atoms with E-state index in [0.29, 0.717) is 43.2 Å². The summed E-state index contributed by atoms with van der Waals surface area (Å²) in [5.74, 6) is -0.158. The Morgan fingerprint density at radius 2 is 1.94 bits per heavy atom. The molecule has 0 spiro atoms. The first-order valence-corrected chi connectivity index (χ1v) is 12.2. The van der Waals surface area contributed by atoms with Crippen LogP contribution in [0.15, 0.2) is 40.0 Å². The van der Waals surface area contributed by atoms with Crippen molar-refractivity contribution in [2.45, 2.75) is 24.8 Å². The maximum atomic E-state index is 13.7. The number of hydrogen-bond acceptors (Lipinski definition) is 7. The van der Waals surface area contributed by atoms with Crippen LogP contribution in [0, 0.1) is 12.7 Å². The summed E-state index contributed by atoms with van der Waals surface area (Å²) >= 11 is 0. The molecule has 1 atom stereocenters. The van der Waals surface area contributed by atoms with Gasteiger partial charge in [-0.25, -0.2) is 17.8 Å². The molecule has 0 bridgehead atoms. The highest BCUT2D eigenvalue weighted by atomic mass is 32.2. The van der Waals surface area contributed by atoms with Crippen molar-refractivity contribution in [1.29, 1.82) is 0 Å². The van der Waals surface area contributed by atoms with Gasteiger partial charge in [0.15, 0.2) is 9.84 Å². The van der Waals surface area contributed by atoms with E-state index in [-0.39, 0.29) is 16.1 Å². The lowest BCUT2D eigenvalue weighted by molar-refractivity contribution is 0.122. The number of benzene rings is 2. The molecule has 3 aromatic rings. The highest BCUT2D eigenvalue weighted by molar-refractivity contribution is 7.90. The number of anilines is 2. The summed E-state index contributed by atoms with van der Waals surface area (Å²) in [6.07, 6.45) is 1.04. The van der Waals surface area contributed by atoms with Gasteiger partial charge in [0, 0.05) is 24.9 Å². The molecule has 32 heavy (non-hydrogen) atoms. The van der Waals surface area contributed by atoms with E-state index in [9.17, 15) is 17.6 Å². The van der Waals surface area contributed by atoms with Crippen molar-refractivity contribution >= 4 is 32.4 Å². The molecule has 2 N–H and O–H groups in total. The second-order valence-corrected chi connectivity index (χ2v) is 10.0. The average molecular weight is 461 g/mol. The monoisotopic (exact) mass is 460 g/mol. The number of hydrogen-bond donors (Lipinski definition) is 2. The largest absolute Gasteiger partial charge is 0.378 e. The third kappa shape index (κ3) is 4.46. The van der Waals surface area contributed by atoms with E-state index in [0.717, 1.165) is 23.4 Å². The Balaban J connectivity index is 1.80. The molecule has 0 aliphatic carbocycles. The van der Waals surface area contributed by atoms with E-state index < -0.39 is 21.7 Å². The fourth-order valence-electron chi connectivity index (χ4n) is 3.90. The van der Waals surface area contributed by atoms with Gasteiger partial charge in [-0.2, -0.15) is 0 Å². The predicted octanol–water partition coefficient (Wildman–Crippen LogP) is 2.78. The zero-order valence-electron chi connectivity index (χ0n) is 18.1. The summed E-state index contributed by atoms with van der Waals surface area (Å²) in [6.45, 7) is 6.08. The van der Waals surface area contributed by atoms with Crippen molar-refractivity contribution in [3.05, 3.63) is 57.6 Å². The standard InChI is InChI=1S/C22H25FN4O4S/c1-13-10-16(14(2)24-18-5-4-15(23)12-19(18)32(3,29)30)20-17(11-13)21(28)26-22(25-20)27-6-8-31-9-7-27/h4-5,10-12,14,24H,6-9H2,1-3H3,(H,25,26,28)/t14-/m1/s1. The second-order valence-electron chi connectivity index (χ2n) is 8.02. The molecule has 0 saturated carbocycles. The first-order chi connectivity index (χ1) is 15.1. The van der Waals surface area contributed by atoms with Crippen LogP contribution in [0.4, 0.5) is 16.0 Å². The fourth-order valence-corrected chi connectivity index (χ4v) is 4.75. The van der Waals surface area contributed by atoms with Crippen molar-refractivity contribution < 1.29 is 17.5 Å². The molecule has 1 fully saturated rings. The number of nitrogens with zero attached hydrogens (tertiary/aromatic N) is 2. The third-order valence-electron chi connectivity index (χ3n) is 5.46. The van der Waals surface area contributed by atoms with Crippen LogP contribution in [0.25, 0.3) is 10.9 Å². The summed E-state index contributed by atoms with van der Waals surface area (Å²) in [6, 6.07) is 6.89. The van der Waals surface area contributed by atoms with Gasteiger partial charge in [-0.15, -0.1) is 0 Å². The normalized spacial score (nSPS) is 15.7.